The van der Waals surface area contributed by atoms with Crippen molar-refractivity contribution in [2.45, 2.75) is 45.4 Å². The quantitative estimate of drug-likeness (QED) is 0.812. The highest BCUT2D eigenvalue weighted by Gasteiger charge is 2.10. The van der Waals surface area contributed by atoms with Gasteiger partial charge in [-0.15, -0.1) is 0 Å². The fraction of sp³-hybridized carbons (Fsp3) is 0.538. The zero-order valence-corrected chi connectivity index (χ0v) is 12.2. The summed E-state index contributed by atoms with van der Waals surface area (Å²) in [5.41, 5.74) is 1.29. The normalized spacial score (nSPS) is 16.8. The number of hydrogen-bond donors (Lipinski definition) is 2. The van der Waals surface area contributed by atoms with E-state index < -0.39 is 0 Å². The van der Waals surface area contributed by atoms with Crippen LogP contribution in [-0.4, -0.2) is 17.3 Å². The van der Waals surface area contributed by atoms with E-state index in [1.807, 2.05) is 6.92 Å². The molecule has 0 saturated carbocycles. The van der Waals surface area contributed by atoms with Gasteiger partial charge in [0.15, 0.2) is 0 Å². The Labute approximate surface area is 112 Å². The Morgan fingerprint density at radius 1 is 1.19 bits per heavy atom. The Bertz CT molecular complexity index is 310. The number of hydrogen-bond acceptors (Lipinski definition) is 2. The fourth-order valence-electron chi connectivity index (χ4n) is 1.85. The molecule has 1 aromatic rings. The summed E-state index contributed by atoms with van der Waals surface area (Å²) in [6.45, 7) is 6.09. The molecule has 0 aliphatic heterocycles. The molecule has 0 fully saturated rings. The van der Waals surface area contributed by atoms with Gasteiger partial charge in [0.1, 0.15) is 0 Å². The lowest BCUT2D eigenvalue weighted by Gasteiger charge is -2.21. The van der Waals surface area contributed by atoms with Gasteiger partial charge < -0.3 is 10.4 Å². The first-order valence-corrected chi connectivity index (χ1v) is 6.76. The SMILES string of the molecule is CC(O)CC(C)NC(C)c1ccc(I)cc1. The van der Waals surface area contributed by atoms with Crippen LogP contribution in [0, 0.1) is 3.57 Å². The Balaban J connectivity index is 2.51. The first-order chi connectivity index (χ1) is 7.49. The number of aliphatic hydroxyl groups excluding tert-OH is 1. The average molecular weight is 333 g/mol. The van der Waals surface area contributed by atoms with Crippen LogP contribution in [-0.2, 0) is 0 Å². The lowest BCUT2D eigenvalue weighted by Crippen LogP contribution is -2.31. The molecule has 0 spiro atoms. The highest BCUT2D eigenvalue weighted by Crippen LogP contribution is 2.15. The van der Waals surface area contributed by atoms with Crippen LogP contribution in [0.1, 0.15) is 38.8 Å². The Hall–Kier alpha value is -0.130. The monoisotopic (exact) mass is 333 g/mol. The van der Waals surface area contributed by atoms with Gasteiger partial charge in [0.2, 0.25) is 0 Å². The van der Waals surface area contributed by atoms with Gasteiger partial charge in [-0.05, 0) is 67.5 Å². The van der Waals surface area contributed by atoms with E-state index in [-0.39, 0.29) is 6.10 Å². The van der Waals surface area contributed by atoms with Gasteiger partial charge in [-0.3, -0.25) is 0 Å². The number of benzene rings is 1. The van der Waals surface area contributed by atoms with Crippen LogP contribution in [0.25, 0.3) is 0 Å². The molecule has 0 amide bonds. The lowest BCUT2D eigenvalue weighted by molar-refractivity contribution is 0.168. The van der Waals surface area contributed by atoms with Crippen LogP contribution in [0.15, 0.2) is 24.3 Å². The van der Waals surface area contributed by atoms with Crippen LogP contribution < -0.4 is 5.32 Å². The minimum Gasteiger partial charge on any atom is -0.393 e. The second-order valence-electron chi connectivity index (χ2n) is 4.43. The molecule has 2 N–H and O–H groups in total. The molecule has 3 heteroatoms. The van der Waals surface area contributed by atoms with E-state index in [0.717, 1.165) is 6.42 Å². The van der Waals surface area contributed by atoms with Gasteiger partial charge in [0, 0.05) is 15.7 Å². The van der Waals surface area contributed by atoms with Gasteiger partial charge in [0.05, 0.1) is 6.10 Å². The van der Waals surface area contributed by atoms with Gasteiger partial charge in [-0.25, -0.2) is 0 Å². The number of rotatable bonds is 5. The smallest absolute Gasteiger partial charge is 0.0526 e. The highest BCUT2D eigenvalue weighted by atomic mass is 127. The molecule has 16 heavy (non-hydrogen) atoms. The standard InChI is InChI=1S/C13H20INO/c1-9(8-10(2)16)15-11(3)12-4-6-13(14)7-5-12/h4-7,9-11,15-16H,8H2,1-3H3. The van der Waals surface area contributed by atoms with Crippen molar-refractivity contribution in [1.82, 2.24) is 5.32 Å². The molecular weight excluding hydrogens is 313 g/mol. The molecule has 3 unspecified atom stereocenters. The summed E-state index contributed by atoms with van der Waals surface area (Å²) >= 11 is 2.31. The predicted octanol–water partition coefficient (Wildman–Crippen LogP) is 3.10. The van der Waals surface area contributed by atoms with Crippen molar-refractivity contribution in [3.8, 4) is 0 Å². The summed E-state index contributed by atoms with van der Waals surface area (Å²) in [5, 5.41) is 12.8. The molecule has 2 nitrogen and oxygen atoms in total. The summed E-state index contributed by atoms with van der Waals surface area (Å²) in [6, 6.07) is 9.18. The van der Waals surface area contributed by atoms with E-state index in [9.17, 15) is 5.11 Å². The van der Waals surface area contributed by atoms with Gasteiger partial charge >= 0.3 is 0 Å². The van der Waals surface area contributed by atoms with E-state index in [1.54, 1.807) is 0 Å². The van der Waals surface area contributed by atoms with Gasteiger partial charge in [-0.1, -0.05) is 12.1 Å². The topological polar surface area (TPSA) is 32.3 Å². The third kappa shape index (κ3) is 4.80. The summed E-state index contributed by atoms with van der Waals surface area (Å²) in [7, 11) is 0. The number of halogens is 1. The maximum absolute atomic E-state index is 9.30. The van der Waals surface area contributed by atoms with Crippen molar-refractivity contribution in [3.05, 3.63) is 33.4 Å². The maximum Gasteiger partial charge on any atom is 0.0526 e. The van der Waals surface area contributed by atoms with E-state index in [1.165, 1.54) is 9.13 Å². The molecule has 3 atom stereocenters. The van der Waals surface area contributed by atoms with Crippen molar-refractivity contribution in [1.29, 1.82) is 0 Å². The molecule has 0 radical (unpaired) electrons. The van der Waals surface area contributed by atoms with Crippen LogP contribution in [0.3, 0.4) is 0 Å². The second kappa shape index (κ2) is 6.57. The molecule has 0 aliphatic carbocycles. The van der Waals surface area contributed by atoms with E-state index >= 15 is 0 Å². The molecule has 0 aliphatic rings. The van der Waals surface area contributed by atoms with Gasteiger partial charge in [0.25, 0.3) is 0 Å². The summed E-state index contributed by atoms with van der Waals surface area (Å²) in [5.74, 6) is 0. The van der Waals surface area contributed by atoms with Crippen molar-refractivity contribution in [2.24, 2.45) is 0 Å². The average Bonchev–Trinajstić information content (AvgIpc) is 2.16. The maximum atomic E-state index is 9.30. The van der Waals surface area contributed by atoms with Crippen molar-refractivity contribution in [3.63, 3.8) is 0 Å². The fourth-order valence-corrected chi connectivity index (χ4v) is 2.21. The molecule has 0 aromatic heterocycles. The molecule has 0 saturated heterocycles. The van der Waals surface area contributed by atoms with Crippen molar-refractivity contribution in [2.75, 3.05) is 0 Å². The number of nitrogens with one attached hydrogen (secondary N) is 1. The van der Waals surface area contributed by atoms with E-state index in [4.69, 9.17) is 0 Å². The minimum atomic E-state index is -0.244. The molecule has 1 rings (SSSR count). The Morgan fingerprint density at radius 2 is 1.75 bits per heavy atom. The predicted molar refractivity (Wildman–Crippen MR) is 76.5 cm³/mol. The highest BCUT2D eigenvalue weighted by molar-refractivity contribution is 14.1. The Morgan fingerprint density at radius 3 is 2.25 bits per heavy atom. The molecule has 0 heterocycles. The summed E-state index contributed by atoms with van der Waals surface area (Å²) in [4.78, 5) is 0. The van der Waals surface area contributed by atoms with Crippen molar-refractivity contribution < 1.29 is 5.11 Å². The first-order valence-electron chi connectivity index (χ1n) is 5.68. The van der Waals surface area contributed by atoms with E-state index in [0.29, 0.717) is 12.1 Å². The first kappa shape index (κ1) is 13.9. The molecule has 0 bridgehead atoms. The lowest BCUT2D eigenvalue weighted by atomic mass is 10.1. The van der Waals surface area contributed by atoms with Crippen LogP contribution in [0.2, 0.25) is 0 Å². The molecule has 1 aromatic carbocycles. The second-order valence-corrected chi connectivity index (χ2v) is 5.67. The zero-order valence-electron chi connectivity index (χ0n) is 10.1. The molecular formula is C13H20INO. The van der Waals surface area contributed by atoms with Crippen LogP contribution in [0.4, 0.5) is 0 Å². The van der Waals surface area contributed by atoms with Crippen LogP contribution >= 0.6 is 22.6 Å². The minimum absolute atomic E-state index is 0.244. The zero-order chi connectivity index (χ0) is 12.1. The third-order valence-electron chi connectivity index (χ3n) is 2.60. The molecule has 90 valence electrons. The summed E-state index contributed by atoms with van der Waals surface area (Å²) in [6.07, 6.45) is 0.542. The third-order valence-corrected chi connectivity index (χ3v) is 3.32. The summed E-state index contributed by atoms with van der Waals surface area (Å²) < 4.78 is 1.26. The largest absolute Gasteiger partial charge is 0.393 e. The van der Waals surface area contributed by atoms with Gasteiger partial charge in [-0.2, -0.15) is 0 Å². The Kier molecular flexibility index (Phi) is 5.72. The van der Waals surface area contributed by atoms with E-state index in [2.05, 4.69) is 66.0 Å². The van der Waals surface area contributed by atoms with Crippen molar-refractivity contribution >= 4 is 22.6 Å². The number of aliphatic hydroxyl groups is 1. The van der Waals surface area contributed by atoms with Crippen LogP contribution in [0.5, 0.6) is 0 Å².